The van der Waals surface area contributed by atoms with Gasteiger partial charge in [0.1, 0.15) is 5.75 Å². The fraction of sp³-hybridized carbons (Fsp3) is 0.538. The van der Waals surface area contributed by atoms with E-state index < -0.39 is 0 Å². The molecule has 3 nitrogen and oxygen atoms in total. The van der Waals surface area contributed by atoms with Gasteiger partial charge in [0.25, 0.3) is 0 Å². The second-order valence-corrected chi connectivity index (χ2v) is 3.76. The fourth-order valence-electron chi connectivity index (χ4n) is 1.40. The third kappa shape index (κ3) is 4.64. The molecule has 0 saturated heterocycles. The van der Waals surface area contributed by atoms with Gasteiger partial charge in [0.15, 0.2) is 0 Å². The Kier molecular flexibility index (Phi) is 5.90. The summed E-state index contributed by atoms with van der Waals surface area (Å²) in [4.78, 5) is 0. The molecule has 90 valence electrons. The van der Waals surface area contributed by atoms with Gasteiger partial charge in [-0.15, -0.1) is 0 Å². The summed E-state index contributed by atoms with van der Waals surface area (Å²) in [5.74, 6) is 0.901. The van der Waals surface area contributed by atoms with Crippen LogP contribution in [0.3, 0.4) is 0 Å². The smallest absolute Gasteiger partial charge is 0.119 e. The molecule has 0 aliphatic rings. The Morgan fingerprint density at radius 1 is 1.12 bits per heavy atom. The summed E-state index contributed by atoms with van der Waals surface area (Å²) in [7, 11) is 3.36. The van der Waals surface area contributed by atoms with Crippen LogP contribution in [0.2, 0.25) is 0 Å². The van der Waals surface area contributed by atoms with Crippen LogP contribution in [0.1, 0.15) is 12.0 Å². The van der Waals surface area contributed by atoms with Crippen LogP contribution in [0.5, 0.6) is 5.75 Å². The number of hydrogen-bond donors (Lipinski definition) is 0. The molecule has 16 heavy (non-hydrogen) atoms. The molecule has 0 aliphatic carbocycles. The highest BCUT2D eigenvalue weighted by atomic mass is 16.5. The summed E-state index contributed by atoms with van der Waals surface area (Å²) < 4.78 is 15.9. The molecule has 0 aromatic heterocycles. The van der Waals surface area contributed by atoms with Crippen LogP contribution in [-0.2, 0) is 9.47 Å². The summed E-state index contributed by atoms with van der Waals surface area (Å²) in [6.07, 6.45) is 0.938. The van der Waals surface area contributed by atoms with Gasteiger partial charge in [-0.2, -0.15) is 0 Å². The predicted octanol–water partition coefficient (Wildman–Crippen LogP) is 2.43. The number of benzene rings is 1. The SMILES string of the molecule is COCC(CCOc1ccc(C)cc1)OC. The topological polar surface area (TPSA) is 27.7 Å². The van der Waals surface area contributed by atoms with E-state index in [9.17, 15) is 0 Å². The Morgan fingerprint density at radius 2 is 1.81 bits per heavy atom. The Balaban J connectivity index is 2.26. The predicted molar refractivity (Wildman–Crippen MR) is 64.0 cm³/mol. The van der Waals surface area contributed by atoms with Gasteiger partial charge in [0.05, 0.1) is 19.3 Å². The number of hydrogen-bond acceptors (Lipinski definition) is 3. The minimum absolute atomic E-state index is 0.107. The van der Waals surface area contributed by atoms with Crippen LogP contribution >= 0.6 is 0 Å². The van der Waals surface area contributed by atoms with Crippen molar-refractivity contribution in [1.29, 1.82) is 0 Å². The molecule has 1 rings (SSSR count). The van der Waals surface area contributed by atoms with Gasteiger partial charge < -0.3 is 14.2 Å². The zero-order valence-corrected chi connectivity index (χ0v) is 10.2. The third-order valence-corrected chi connectivity index (χ3v) is 2.42. The monoisotopic (exact) mass is 224 g/mol. The second kappa shape index (κ2) is 7.25. The van der Waals surface area contributed by atoms with E-state index >= 15 is 0 Å². The van der Waals surface area contributed by atoms with E-state index in [1.165, 1.54) is 5.56 Å². The van der Waals surface area contributed by atoms with E-state index in [1.807, 2.05) is 24.3 Å². The van der Waals surface area contributed by atoms with Crippen molar-refractivity contribution in [3.63, 3.8) is 0 Å². The lowest BCUT2D eigenvalue weighted by molar-refractivity contribution is 0.0161. The van der Waals surface area contributed by atoms with Gasteiger partial charge >= 0.3 is 0 Å². The van der Waals surface area contributed by atoms with Gasteiger partial charge in [-0.3, -0.25) is 0 Å². The van der Waals surface area contributed by atoms with Gasteiger partial charge in [0, 0.05) is 20.6 Å². The van der Waals surface area contributed by atoms with Crippen LogP contribution in [-0.4, -0.2) is 33.5 Å². The molecule has 0 heterocycles. The summed E-state index contributed by atoms with van der Waals surface area (Å²) in [5, 5.41) is 0. The summed E-state index contributed by atoms with van der Waals surface area (Å²) in [6.45, 7) is 3.31. The van der Waals surface area contributed by atoms with Crippen molar-refractivity contribution < 1.29 is 14.2 Å². The fourth-order valence-corrected chi connectivity index (χ4v) is 1.40. The molecule has 0 amide bonds. The molecule has 0 saturated carbocycles. The first-order valence-electron chi connectivity index (χ1n) is 5.47. The van der Waals surface area contributed by atoms with Crippen LogP contribution in [0.25, 0.3) is 0 Å². The molecule has 0 N–H and O–H groups in total. The van der Waals surface area contributed by atoms with E-state index in [0.29, 0.717) is 13.2 Å². The molecule has 1 aromatic rings. The average molecular weight is 224 g/mol. The number of ether oxygens (including phenoxy) is 3. The van der Waals surface area contributed by atoms with Crippen LogP contribution in [0.15, 0.2) is 24.3 Å². The van der Waals surface area contributed by atoms with Crippen molar-refractivity contribution >= 4 is 0 Å². The van der Waals surface area contributed by atoms with Crippen molar-refractivity contribution in [3.05, 3.63) is 29.8 Å². The summed E-state index contributed by atoms with van der Waals surface area (Å²) in [6, 6.07) is 8.04. The molecule has 0 aliphatic heterocycles. The number of aryl methyl sites for hydroxylation is 1. The summed E-state index contributed by atoms with van der Waals surface area (Å²) >= 11 is 0. The van der Waals surface area contributed by atoms with Crippen LogP contribution in [0.4, 0.5) is 0 Å². The Bertz CT molecular complexity index is 282. The lowest BCUT2D eigenvalue weighted by atomic mass is 10.2. The van der Waals surface area contributed by atoms with Crippen LogP contribution < -0.4 is 4.74 Å². The van der Waals surface area contributed by atoms with Crippen molar-refractivity contribution in [2.24, 2.45) is 0 Å². The molecule has 3 heteroatoms. The van der Waals surface area contributed by atoms with Crippen molar-refractivity contribution in [1.82, 2.24) is 0 Å². The molecular weight excluding hydrogens is 204 g/mol. The Hall–Kier alpha value is -1.06. The van der Waals surface area contributed by atoms with Gasteiger partial charge in [0.2, 0.25) is 0 Å². The lowest BCUT2D eigenvalue weighted by Crippen LogP contribution is -2.20. The molecule has 1 atom stereocenters. The molecule has 0 bridgehead atoms. The molecule has 0 spiro atoms. The largest absolute Gasteiger partial charge is 0.493 e. The van der Waals surface area contributed by atoms with Gasteiger partial charge in [-0.1, -0.05) is 17.7 Å². The van der Waals surface area contributed by atoms with E-state index in [2.05, 4.69) is 6.92 Å². The average Bonchev–Trinajstić information content (AvgIpc) is 2.30. The zero-order chi connectivity index (χ0) is 11.8. The second-order valence-electron chi connectivity index (χ2n) is 3.76. The molecule has 0 radical (unpaired) electrons. The van der Waals surface area contributed by atoms with Gasteiger partial charge in [-0.05, 0) is 19.1 Å². The normalized spacial score (nSPS) is 12.4. The zero-order valence-electron chi connectivity index (χ0n) is 10.2. The number of methoxy groups -OCH3 is 2. The Morgan fingerprint density at radius 3 is 2.38 bits per heavy atom. The van der Waals surface area contributed by atoms with Crippen LogP contribution in [0, 0.1) is 6.92 Å². The van der Waals surface area contributed by atoms with E-state index in [1.54, 1.807) is 14.2 Å². The highest BCUT2D eigenvalue weighted by Crippen LogP contribution is 2.12. The van der Waals surface area contributed by atoms with Crippen molar-refractivity contribution in [3.8, 4) is 5.75 Å². The number of rotatable bonds is 7. The maximum Gasteiger partial charge on any atom is 0.119 e. The van der Waals surface area contributed by atoms with E-state index in [4.69, 9.17) is 14.2 Å². The minimum Gasteiger partial charge on any atom is -0.493 e. The first-order chi connectivity index (χ1) is 7.76. The highest BCUT2D eigenvalue weighted by Gasteiger charge is 2.06. The quantitative estimate of drug-likeness (QED) is 0.712. The van der Waals surface area contributed by atoms with E-state index in [-0.39, 0.29) is 6.10 Å². The first kappa shape index (κ1) is 13.0. The van der Waals surface area contributed by atoms with Gasteiger partial charge in [-0.25, -0.2) is 0 Å². The molecule has 1 aromatic carbocycles. The highest BCUT2D eigenvalue weighted by molar-refractivity contribution is 5.26. The van der Waals surface area contributed by atoms with Crippen molar-refractivity contribution in [2.45, 2.75) is 19.4 Å². The van der Waals surface area contributed by atoms with Crippen molar-refractivity contribution in [2.75, 3.05) is 27.4 Å². The Labute approximate surface area is 97.3 Å². The third-order valence-electron chi connectivity index (χ3n) is 2.42. The maximum absolute atomic E-state index is 5.60. The van der Waals surface area contributed by atoms with E-state index in [0.717, 1.165) is 12.2 Å². The first-order valence-corrected chi connectivity index (χ1v) is 5.47. The summed E-state index contributed by atoms with van der Waals surface area (Å²) in [5.41, 5.74) is 1.24. The molecular formula is C13H20O3. The standard InChI is InChI=1S/C13H20O3/c1-11-4-6-12(7-5-11)16-9-8-13(15-3)10-14-2/h4-7,13H,8-10H2,1-3H3. The lowest BCUT2D eigenvalue weighted by Gasteiger charge is -2.14. The molecule has 0 fully saturated rings. The minimum atomic E-state index is 0.107. The molecule has 1 unspecified atom stereocenters. The maximum atomic E-state index is 5.60.